The summed E-state index contributed by atoms with van der Waals surface area (Å²) in [6, 6.07) is 9.59. The number of rotatable bonds is 7. The van der Waals surface area contributed by atoms with Gasteiger partial charge in [0.25, 0.3) is 0 Å². The normalized spacial score (nSPS) is 10.4. The molecule has 0 radical (unpaired) electrons. The molecule has 21 heavy (non-hydrogen) atoms. The Morgan fingerprint density at radius 3 is 2.95 bits per heavy atom. The molecule has 0 bridgehead atoms. The molecule has 0 saturated heterocycles. The zero-order valence-electron chi connectivity index (χ0n) is 12.2. The summed E-state index contributed by atoms with van der Waals surface area (Å²) in [7, 11) is 1.34. The van der Waals surface area contributed by atoms with Gasteiger partial charge in [0, 0.05) is 6.54 Å². The van der Waals surface area contributed by atoms with Gasteiger partial charge in [-0.25, -0.2) is 4.79 Å². The van der Waals surface area contributed by atoms with Crippen molar-refractivity contribution in [2.24, 2.45) is 0 Å². The Bertz CT molecular complexity index is 591. The molecule has 0 saturated carbocycles. The molecule has 0 aliphatic carbocycles. The van der Waals surface area contributed by atoms with Gasteiger partial charge in [0.15, 0.2) is 0 Å². The zero-order chi connectivity index (χ0) is 15.1. The number of esters is 1. The average molecular weight is 289 g/mol. The maximum Gasteiger partial charge on any atom is 0.341 e. The average Bonchev–Trinajstić information content (AvgIpc) is 2.95. The highest BCUT2D eigenvalue weighted by atomic mass is 16.5. The van der Waals surface area contributed by atoms with Crippen molar-refractivity contribution in [3.63, 3.8) is 0 Å². The standard InChI is InChI=1S/C16H19NO4/c1-12-4-3-5-14(8-12)20-7-6-17-10-15-9-13(11-21-15)16(18)19-2/h3-5,8-9,11,17H,6-7,10H2,1-2H3. The van der Waals surface area contributed by atoms with Crippen molar-refractivity contribution in [2.75, 3.05) is 20.3 Å². The molecule has 5 nitrogen and oxygen atoms in total. The lowest BCUT2D eigenvalue weighted by Crippen LogP contribution is -2.20. The Morgan fingerprint density at radius 1 is 1.33 bits per heavy atom. The molecule has 0 spiro atoms. The SMILES string of the molecule is COC(=O)c1coc(CNCCOc2cccc(C)c2)c1. The Labute approximate surface area is 123 Å². The molecule has 0 unspecified atom stereocenters. The predicted octanol–water partition coefficient (Wildman–Crippen LogP) is 2.54. The first kappa shape index (κ1) is 15.1. The summed E-state index contributed by atoms with van der Waals surface area (Å²) < 4.78 is 15.5. The summed E-state index contributed by atoms with van der Waals surface area (Å²) in [5, 5.41) is 3.19. The minimum atomic E-state index is -0.396. The first-order chi connectivity index (χ1) is 10.2. The van der Waals surface area contributed by atoms with Gasteiger partial charge >= 0.3 is 5.97 Å². The fraction of sp³-hybridized carbons (Fsp3) is 0.312. The number of ether oxygens (including phenoxy) is 2. The minimum Gasteiger partial charge on any atom is -0.492 e. The van der Waals surface area contributed by atoms with Crippen LogP contribution in [0.25, 0.3) is 0 Å². The van der Waals surface area contributed by atoms with Crippen LogP contribution < -0.4 is 10.1 Å². The number of hydrogen-bond donors (Lipinski definition) is 1. The number of aryl methyl sites for hydroxylation is 1. The van der Waals surface area contributed by atoms with Crippen LogP contribution in [0, 0.1) is 6.92 Å². The van der Waals surface area contributed by atoms with Crippen LogP contribution in [0.4, 0.5) is 0 Å². The number of carbonyl (C=O) groups is 1. The van der Waals surface area contributed by atoms with Crippen molar-refractivity contribution < 1.29 is 18.7 Å². The molecular formula is C16H19NO4. The molecule has 0 aliphatic heterocycles. The van der Waals surface area contributed by atoms with Crippen molar-refractivity contribution in [2.45, 2.75) is 13.5 Å². The molecular weight excluding hydrogens is 270 g/mol. The van der Waals surface area contributed by atoms with Crippen molar-refractivity contribution in [3.8, 4) is 5.75 Å². The number of hydrogen-bond acceptors (Lipinski definition) is 5. The van der Waals surface area contributed by atoms with Gasteiger partial charge in [-0.3, -0.25) is 0 Å². The third-order valence-corrected chi connectivity index (χ3v) is 2.91. The van der Waals surface area contributed by atoms with E-state index in [4.69, 9.17) is 9.15 Å². The van der Waals surface area contributed by atoms with Crippen LogP contribution in [0.15, 0.2) is 41.0 Å². The molecule has 0 atom stereocenters. The molecule has 0 fully saturated rings. The third-order valence-electron chi connectivity index (χ3n) is 2.91. The third kappa shape index (κ3) is 4.65. The monoisotopic (exact) mass is 289 g/mol. The number of methoxy groups -OCH3 is 1. The summed E-state index contributed by atoms with van der Waals surface area (Å²) >= 11 is 0. The highest BCUT2D eigenvalue weighted by Crippen LogP contribution is 2.12. The maximum atomic E-state index is 11.3. The van der Waals surface area contributed by atoms with Crippen LogP contribution in [0.3, 0.4) is 0 Å². The topological polar surface area (TPSA) is 60.7 Å². The van der Waals surface area contributed by atoms with Gasteiger partial charge in [0.1, 0.15) is 24.4 Å². The van der Waals surface area contributed by atoms with E-state index in [2.05, 4.69) is 10.1 Å². The van der Waals surface area contributed by atoms with Crippen molar-refractivity contribution >= 4 is 5.97 Å². The molecule has 0 aliphatic rings. The van der Waals surface area contributed by atoms with Gasteiger partial charge in [-0.15, -0.1) is 0 Å². The number of benzene rings is 1. The lowest BCUT2D eigenvalue weighted by atomic mass is 10.2. The van der Waals surface area contributed by atoms with Gasteiger partial charge in [0.2, 0.25) is 0 Å². The van der Waals surface area contributed by atoms with E-state index in [1.165, 1.54) is 18.9 Å². The zero-order valence-corrected chi connectivity index (χ0v) is 12.2. The fourth-order valence-corrected chi connectivity index (χ4v) is 1.86. The molecule has 1 N–H and O–H groups in total. The van der Waals surface area contributed by atoms with Crippen LogP contribution >= 0.6 is 0 Å². The second kappa shape index (κ2) is 7.50. The molecule has 112 valence electrons. The Kier molecular flexibility index (Phi) is 5.40. The van der Waals surface area contributed by atoms with Crippen LogP contribution in [0.2, 0.25) is 0 Å². The van der Waals surface area contributed by atoms with Gasteiger partial charge in [-0.05, 0) is 30.7 Å². The van der Waals surface area contributed by atoms with Crippen molar-refractivity contribution in [1.29, 1.82) is 0 Å². The number of carbonyl (C=O) groups excluding carboxylic acids is 1. The molecule has 5 heteroatoms. The predicted molar refractivity (Wildman–Crippen MR) is 78.4 cm³/mol. The summed E-state index contributed by atoms with van der Waals surface area (Å²) in [5.74, 6) is 1.15. The molecule has 2 rings (SSSR count). The molecule has 2 aromatic rings. The summed E-state index contributed by atoms with van der Waals surface area (Å²) in [4.78, 5) is 11.3. The van der Waals surface area contributed by atoms with E-state index in [-0.39, 0.29) is 0 Å². The van der Waals surface area contributed by atoms with Gasteiger partial charge < -0.3 is 19.2 Å². The van der Waals surface area contributed by atoms with E-state index in [1.54, 1.807) is 6.07 Å². The number of nitrogens with one attached hydrogen (secondary N) is 1. The molecule has 1 aromatic heterocycles. The van der Waals surface area contributed by atoms with Crippen molar-refractivity contribution in [3.05, 3.63) is 53.5 Å². The second-order valence-corrected chi connectivity index (χ2v) is 4.64. The van der Waals surface area contributed by atoms with E-state index < -0.39 is 5.97 Å². The first-order valence-corrected chi connectivity index (χ1v) is 6.75. The van der Waals surface area contributed by atoms with Crippen LogP contribution in [0.1, 0.15) is 21.7 Å². The van der Waals surface area contributed by atoms with Crippen LogP contribution in [-0.4, -0.2) is 26.2 Å². The quantitative estimate of drug-likeness (QED) is 0.627. The highest BCUT2D eigenvalue weighted by molar-refractivity contribution is 5.88. The minimum absolute atomic E-state index is 0.396. The Balaban J connectivity index is 1.68. The fourth-order valence-electron chi connectivity index (χ4n) is 1.86. The van der Waals surface area contributed by atoms with E-state index >= 15 is 0 Å². The van der Waals surface area contributed by atoms with Crippen molar-refractivity contribution in [1.82, 2.24) is 5.32 Å². The summed E-state index contributed by atoms with van der Waals surface area (Å²) in [6.07, 6.45) is 1.39. The van der Waals surface area contributed by atoms with E-state index in [9.17, 15) is 4.79 Å². The van der Waals surface area contributed by atoms with E-state index in [0.717, 1.165) is 5.75 Å². The van der Waals surface area contributed by atoms with E-state index in [0.29, 0.717) is 31.0 Å². The smallest absolute Gasteiger partial charge is 0.341 e. The number of furan rings is 1. The lowest BCUT2D eigenvalue weighted by molar-refractivity contribution is 0.0600. The summed E-state index contributed by atoms with van der Waals surface area (Å²) in [5.41, 5.74) is 1.59. The Morgan fingerprint density at radius 2 is 2.19 bits per heavy atom. The van der Waals surface area contributed by atoms with Crippen LogP contribution in [-0.2, 0) is 11.3 Å². The van der Waals surface area contributed by atoms with Gasteiger partial charge in [-0.1, -0.05) is 12.1 Å². The highest BCUT2D eigenvalue weighted by Gasteiger charge is 2.09. The lowest BCUT2D eigenvalue weighted by Gasteiger charge is -2.07. The Hall–Kier alpha value is -2.27. The molecule has 1 heterocycles. The second-order valence-electron chi connectivity index (χ2n) is 4.64. The first-order valence-electron chi connectivity index (χ1n) is 6.75. The maximum absolute atomic E-state index is 11.3. The molecule has 0 amide bonds. The largest absolute Gasteiger partial charge is 0.492 e. The van der Waals surface area contributed by atoms with E-state index in [1.807, 2.05) is 31.2 Å². The summed E-state index contributed by atoms with van der Waals surface area (Å²) in [6.45, 7) is 3.81. The van der Waals surface area contributed by atoms with Crippen LogP contribution in [0.5, 0.6) is 5.75 Å². The molecule has 1 aromatic carbocycles. The van der Waals surface area contributed by atoms with Gasteiger partial charge in [-0.2, -0.15) is 0 Å². The van der Waals surface area contributed by atoms with Gasteiger partial charge in [0.05, 0.1) is 19.2 Å².